The molecule has 2 heterocycles. The molecule has 2 rings (SSSR count). The van der Waals surface area contributed by atoms with E-state index in [0.29, 0.717) is 13.0 Å². The van der Waals surface area contributed by atoms with Crippen molar-refractivity contribution in [3.8, 4) is 0 Å². The van der Waals surface area contributed by atoms with E-state index in [1.165, 1.54) is 7.11 Å². The van der Waals surface area contributed by atoms with Crippen molar-refractivity contribution in [3.63, 3.8) is 0 Å². The van der Waals surface area contributed by atoms with Gasteiger partial charge in [-0.15, -0.1) is 0 Å². The lowest BCUT2D eigenvalue weighted by molar-refractivity contribution is -0.152. The molecule has 0 radical (unpaired) electrons. The van der Waals surface area contributed by atoms with Crippen LogP contribution in [0.1, 0.15) is 80.1 Å². The average Bonchev–Trinajstić information content (AvgIpc) is 3.57. The lowest BCUT2D eigenvalue weighted by atomic mass is 9.89. The second kappa shape index (κ2) is 15.5. The van der Waals surface area contributed by atoms with Gasteiger partial charge < -0.3 is 29.7 Å². The molecule has 8 atom stereocenters. The summed E-state index contributed by atoms with van der Waals surface area (Å²) in [6.45, 7) is 12.8. The minimum Gasteiger partial charge on any atom is -0.481 e. The van der Waals surface area contributed by atoms with Gasteiger partial charge in [-0.1, -0.05) is 34.1 Å². The lowest BCUT2D eigenvalue weighted by Gasteiger charge is -2.41. The molecule has 2 fully saturated rings. The molecule has 0 saturated carbocycles. The van der Waals surface area contributed by atoms with Crippen molar-refractivity contribution >= 4 is 23.7 Å². The van der Waals surface area contributed by atoms with E-state index in [1.807, 2.05) is 46.6 Å². The zero-order chi connectivity index (χ0) is 31.9. The summed E-state index contributed by atoms with van der Waals surface area (Å²) in [4.78, 5) is 58.3. The molecule has 3 amide bonds. The Hall–Kier alpha value is -2.24. The third kappa shape index (κ3) is 7.82. The molecule has 0 aliphatic carbocycles. The summed E-state index contributed by atoms with van der Waals surface area (Å²) < 4.78 is 11.5. The fourth-order valence-electron chi connectivity index (χ4n) is 6.71. The second-order valence-corrected chi connectivity index (χ2v) is 12.9. The van der Waals surface area contributed by atoms with Crippen molar-refractivity contribution in [2.45, 2.75) is 116 Å². The van der Waals surface area contributed by atoms with Crippen molar-refractivity contribution in [2.75, 3.05) is 41.4 Å². The minimum absolute atomic E-state index is 0.00632. The number of rotatable bonds is 15. The van der Waals surface area contributed by atoms with E-state index in [1.54, 1.807) is 30.9 Å². The molecule has 2 N–H and O–H groups in total. The number of carbonyl (C=O) groups is 4. The quantitative estimate of drug-likeness (QED) is 0.295. The first-order valence-corrected chi connectivity index (χ1v) is 15.5. The Morgan fingerprint density at radius 1 is 1.07 bits per heavy atom. The maximum Gasteiger partial charge on any atom is 0.308 e. The predicted molar refractivity (Wildman–Crippen MR) is 161 cm³/mol. The van der Waals surface area contributed by atoms with Crippen molar-refractivity contribution in [1.29, 1.82) is 0 Å². The zero-order valence-electron chi connectivity index (χ0n) is 27.5. The van der Waals surface area contributed by atoms with Gasteiger partial charge in [0.05, 0.1) is 42.2 Å². The third-order valence-electron chi connectivity index (χ3n) is 9.94. The fraction of sp³-hybridized carbons (Fsp3) is 0.871. The van der Waals surface area contributed by atoms with Crippen molar-refractivity contribution in [3.05, 3.63) is 0 Å². The van der Waals surface area contributed by atoms with Crippen LogP contribution < -0.4 is 5.32 Å². The number of nitrogens with zero attached hydrogens (tertiary/aromatic N) is 3. The molecular formula is C31H56N4O7. The largest absolute Gasteiger partial charge is 0.481 e. The molecule has 0 bridgehead atoms. The summed E-state index contributed by atoms with van der Waals surface area (Å²) in [6.07, 6.45) is 2.67. The number of amides is 3. The number of aliphatic carboxylic acids is 1. The number of hydrogen-bond acceptors (Lipinski definition) is 7. The molecule has 42 heavy (non-hydrogen) atoms. The Balaban J connectivity index is 2.28. The van der Waals surface area contributed by atoms with E-state index in [9.17, 15) is 24.3 Å². The molecule has 0 aromatic rings. The van der Waals surface area contributed by atoms with Crippen LogP contribution in [-0.2, 0) is 28.7 Å². The monoisotopic (exact) mass is 596 g/mol. The molecule has 2 aliphatic heterocycles. The molecule has 2 saturated heterocycles. The highest BCUT2D eigenvalue weighted by Gasteiger charge is 2.45. The predicted octanol–water partition coefficient (Wildman–Crippen LogP) is 2.62. The van der Waals surface area contributed by atoms with Crippen LogP contribution in [0, 0.1) is 17.8 Å². The average molecular weight is 597 g/mol. The van der Waals surface area contributed by atoms with Crippen LogP contribution in [0.15, 0.2) is 0 Å². The molecule has 11 heteroatoms. The first kappa shape index (κ1) is 36.0. The highest BCUT2D eigenvalue weighted by molar-refractivity contribution is 5.92. The number of methoxy groups -OCH3 is 2. The standard InChI is InChI=1S/C31H56N4O7/c1-11-20(4)26(34(8)28(37)25(19(2)3)32-30(40)31(6)15-13-16-33(31)7)23(41-9)18-24(36)35-17-12-14-22(35)27(42-10)21(5)29(38)39/h19-23,25-27H,11-18H2,1-10H3,(H,32,40)(H,38,39)/t20-,21+,22-,23?,25-,26-,27+,31-/m0/s1. The van der Waals surface area contributed by atoms with Gasteiger partial charge in [-0.05, 0) is 65.0 Å². The van der Waals surface area contributed by atoms with E-state index in [-0.39, 0.29) is 42.0 Å². The maximum atomic E-state index is 14.0. The number of hydrogen-bond donors (Lipinski definition) is 2. The van der Waals surface area contributed by atoms with Gasteiger partial charge in [-0.2, -0.15) is 0 Å². The summed E-state index contributed by atoms with van der Waals surface area (Å²) in [5, 5.41) is 12.6. The molecule has 242 valence electrons. The first-order chi connectivity index (χ1) is 19.7. The summed E-state index contributed by atoms with van der Waals surface area (Å²) in [7, 11) is 6.70. The van der Waals surface area contributed by atoms with Gasteiger partial charge >= 0.3 is 5.97 Å². The topological polar surface area (TPSA) is 129 Å². The number of ether oxygens (including phenoxy) is 2. The molecule has 0 aromatic heterocycles. The molecule has 2 aliphatic rings. The van der Waals surface area contributed by atoms with E-state index in [4.69, 9.17) is 9.47 Å². The third-order valence-corrected chi connectivity index (χ3v) is 9.94. The Kier molecular flexibility index (Phi) is 13.2. The van der Waals surface area contributed by atoms with Crippen molar-refractivity contribution in [1.82, 2.24) is 20.0 Å². The van der Waals surface area contributed by atoms with E-state index in [0.717, 1.165) is 32.2 Å². The Labute approximate surface area is 252 Å². The van der Waals surface area contributed by atoms with Crippen LogP contribution in [0.25, 0.3) is 0 Å². The molecule has 0 aromatic carbocycles. The smallest absolute Gasteiger partial charge is 0.308 e. The normalized spacial score (nSPS) is 25.5. The lowest BCUT2D eigenvalue weighted by Crippen LogP contribution is -2.61. The Bertz CT molecular complexity index is 946. The summed E-state index contributed by atoms with van der Waals surface area (Å²) in [5.74, 6) is -2.38. The summed E-state index contributed by atoms with van der Waals surface area (Å²) in [6, 6.07) is -1.49. The molecule has 11 nitrogen and oxygen atoms in total. The van der Waals surface area contributed by atoms with Crippen LogP contribution in [-0.4, -0.2) is 121 Å². The SMILES string of the molecule is CC[C@H](C)[C@@H](C(CC(=O)N1CCC[C@H]1[C@H](OC)[C@@H](C)C(=O)O)OC)N(C)C(=O)[C@@H](NC(=O)[C@]1(C)CCCN1C)C(C)C. The maximum absolute atomic E-state index is 14.0. The Morgan fingerprint density at radius 2 is 1.71 bits per heavy atom. The highest BCUT2D eigenvalue weighted by Crippen LogP contribution is 2.30. The van der Waals surface area contributed by atoms with Gasteiger partial charge in [0.1, 0.15) is 6.04 Å². The van der Waals surface area contributed by atoms with Crippen LogP contribution in [0.2, 0.25) is 0 Å². The zero-order valence-corrected chi connectivity index (χ0v) is 27.5. The second-order valence-electron chi connectivity index (χ2n) is 12.9. The highest BCUT2D eigenvalue weighted by atomic mass is 16.5. The molecule has 0 spiro atoms. The van der Waals surface area contributed by atoms with Gasteiger partial charge in [0.2, 0.25) is 17.7 Å². The van der Waals surface area contributed by atoms with Gasteiger partial charge in [0.25, 0.3) is 0 Å². The number of carboxylic acid groups (broad SMARTS) is 1. The number of likely N-dealkylation sites (tertiary alicyclic amines) is 2. The molecule has 1 unspecified atom stereocenters. The van der Waals surface area contributed by atoms with Crippen molar-refractivity contribution in [2.24, 2.45) is 17.8 Å². The van der Waals surface area contributed by atoms with E-state index >= 15 is 0 Å². The van der Waals surface area contributed by atoms with Crippen LogP contribution >= 0.6 is 0 Å². The van der Waals surface area contributed by atoms with Gasteiger partial charge in [-0.25, -0.2) is 0 Å². The number of carboxylic acids is 1. The molecular weight excluding hydrogens is 540 g/mol. The van der Waals surface area contributed by atoms with Crippen LogP contribution in [0.4, 0.5) is 0 Å². The number of likely N-dealkylation sites (N-methyl/N-ethyl adjacent to an activating group) is 2. The Morgan fingerprint density at radius 3 is 2.19 bits per heavy atom. The van der Waals surface area contributed by atoms with Crippen LogP contribution in [0.3, 0.4) is 0 Å². The number of carbonyl (C=O) groups excluding carboxylic acids is 3. The van der Waals surface area contributed by atoms with Gasteiger partial charge in [-0.3, -0.25) is 24.1 Å². The fourth-order valence-corrected chi connectivity index (χ4v) is 6.71. The first-order valence-electron chi connectivity index (χ1n) is 15.5. The van der Waals surface area contributed by atoms with Gasteiger partial charge in [0.15, 0.2) is 0 Å². The van der Waals surface area contributed by atoms with Crippen molar-refractivity contribution < 1.29 is 33.8 Å². The minimum atomic E-state index is -0.965. The summed E-state index contributed by atoms with van der Waals surface area (Å²) in [5.41, 5.74) is -0.659. The van der Waals surface area contributed by atoms with Gasteiger partial charge in [0, 0.05) is 27.8 Å². The summed E-state index contributed by atoms with van der Waals surface area (Å²) >= 11 is 0. The number of nitrogens with one attached hydrogen (secondary N) is 1. The van der Waals surface area contributed by atoms with E-state index < -0.39 is 41.7 Å². The van der Waals surface area contributed by atoms with Crippen LogP contribution in [0.5, 0.6) is 0 Å². The van der Waals surface area contributed by atoms with E-state index in [2.05, 4.69) is 5.32 Å².